The fourth-order valence-corrected chi connectivity index (χ4v) is 5.54. The molecule has 4 aliphatic rings. The van der Waals surface area contributed by atoms with Crippen molar-refractivity contribution in [2.75, 3.05) is 6.61 Å². The van der Waals surface area contributed by atoms with E-state index in [0.717, 1.165) is 0 Å². The van der Waals surface area contributed by atoms with Crippen LogP contribution in [0.3, 0.4) is 0 Å². The Kier molecular flexibility index (Phi) is 5.74. The lowest BCUT2D eigenvalue weighted by molar-refractivity contribution is -0.388. The molecule has 4 saturated carbocycles. The second-order valence-electron chi connectivity index (χ2n) is 10.5. The minimum Gasteiger partial charge on any atom is -0.459 e. The molecule has 0 aromatic carbocycles. The molecule has 2 unspecified atom stereocenters. The minimum atomic E-state index is -5.92. The van der Waals surface area contributed by atoms with Crippen molar-refractivity contribution in [2.45, 2.75) is 95.4 Å². The molecular formula is C21H30F6O4. The Bertz CT molecular complexity index is 684. The van der Waals surface area contributed by atoms with Crippen molar-refractivity contribution in [2.24, 2.45) is 23.2 Å². The Hall–Kier alpha value is -1.03. The van der Waals surface area contributed by atoms with Gasteiger partial charge in [-0.05, 0) is 77.0 Å². The van der Waals surface area contributed by atoms with Crippen LogP contribution in [0.2, 0.25) is 0 Å². The summed E-state index contributed by atoms with van der Waals surface area (Å²) >= 11 is 0. The van der Waals surface area contributed by atoms with E-state index in [1.54, 1.807) is 13.8 Å². The van der Waals surface area contributed by atoms with Crippen LogP contribution >= 0.6 is 0 Å². The van der Waals surface area contributed by atoms with E-state index in [2.05, 4.69) is 0 Å². The molecule has 0 aromatic heterocycles. The molecule has 4 nitrogen and oxygen atoms in total. The summed E-state index contributed by atoms with van der Waals surface area (Å²) in [5.41, 5.74) is -7.64. The number of halogens is 6. The maximum atomic E-state index is 13.1. The molecule has 0 amide bonds. The zero-order valence-electron chi connectivity index (χ0n) is 18.1. The molecule has 4 aliphatic carbocycles. The van der Waals surface area contributed by atoms with E-state index in [4.69, 9.17) is 9.47 Å². The molecule has 31 heavy (non-hydrogen) atoms. The van der Waals surface area contributed by atoms with Gasteiger partial charge in [0.1, 0.15) is 5.60 Å². The summed E-state index contributed by atoms with van der Waals surface area (Å²) in [6.45, 7) is 5.03. The van der Waals surface area contributed by atoms with Crippen LogP contribution in [0.25, 0.3) is 0 Å². The summed E-state index contributed by atoms with van der Waals surface area (Å²) in [6.07, 6.45) is -8.79. The van der Waals surface area contributed by atoms with Crippen LogP contribution in [0.4, 0.5) is 26.3 Å². The van der Waals surface area contributed by atoms with Crippen LogP contribution in [0, 0.1) is 23.2 Å². The van der Waals surface area contributed by atoms with Gasteiger partial charge >= 0.3 is 18.3 Å². The first-order chi connectivity index (χ1) is 13.9. The first-order valence-electron chi connectivity index (χ1n) is 10.6. The topological polar surface area (TPSA) is 55.8 Å². The molecule has 0 saturated heterocycles. The number of hydrogen-bond acceptors (Lipinski definition) is 4. The maximum Gasteiger partial charge on any atom is 0.428 e. The molecule has 0 aromatic rings. The molecule has 2 atom stereocenters. The van der Waals surface area contributed by atoms with E-state index >= 15 is 0 Å². The average molecular weight is 460 g/mol. The number of esters is 1. The molecule has 0 radical (unpaired) electrons. The third kappa shape index (κ3) is 3.96. The normalized spacial score (nSPS) is 36.0. The van der Waals surface area contributed by atoms with E-state index in [-0.39, 0.29) is 23.7 Å². The predicted octanol–water partition coefficient (Wildman–Crippen LogP) is 5.18. The van der Waals surface area contributed by atoms with Gasteiger partial charge in [-0.1, -0.05) is 6.92 Å². The fraction of sp³-hybridized carbons (Fsp3) is 0.952. The van der Waals surface area contributed by atoms with Crippen molar-refractivity contribution in [3.8, 4) is 0 Å². The highest BCUT2D eigenvalue weighted by Crippen LogP contribution is 2.62. The number of carbonyl (C=O) groups excluding carboxylic acids is 1. The number of alkyl halides is 6. The minimum absolute atomic E-state index is 0.177. The summed E-state index contributed by atoms with van der Waals surface area (Å²) in [4.78, 5) is 12.7. The van der Waals surface area contributed by atoms with Gasteiger partial charge in [-0.2, -0.15) is 26.3 Å². The lowest BCUT2D eigenvalue weighted by Gasteiger charge is -2.63. The second kappa shape index (κ2) is 7.23. The van der Waals surface area contributed by atoms with E-state index in [9.17, 15) is 36.2 Å². The number of hydrogen-bond donors (Lipinski definition) is 1. The first kappa shape index (κ1) is 24.6. The van der Waals surface area contributed by atoms with E-state index in [1.807, 2.05) is 6.92 Å². The van der Waals surface area contributed by atoms with Crippen LogP contribution in [0.1, 0.15) is 66.2 Å². The predicted molar refractivity (Wildman–Crippen MR) is 97.9 cm³/mol. The maximum absolute atomic E-state index is 13.1. The first-order valence-corrected chi connectivity index (χ1v) is 10.6. The van der Waals surface area contributed by atoms with Crippen molar-refractivity contribution >= 4 is 5.97 Å². The molecular weight excluding hydrogens is 430 g/mol. The quantitative estimate of drug-likeness (QED) is 0.439. The van der Waals surface area contributed by atoms with Crippen molar-refractivity contribution in [1.29, 1.82) is 0 Å². The van der Waals surface area contributed by atoms with Gasteiger partial charge in [0.05, 0.1) is 17.6 Å². The molecule has 0 spiro atoms. The summed E-state index contributed by atoms with van der Waals surface area (Å²) in [6, 6.07) is 0. The van der Waals surface area contributed by atoms with Gasteiger partial charge in [-0.15, -0.1) is 0 Å². The lowest BCUT2D eigenvalue weighted by atomic mass is 9.48. The van der Waals surface area contributed by atoms with Crippen molar-refractivity contribution in [1.82, 2.24) is 0 Å². The molecule has 4 rings (SSSR count). The second-order valence-corrected chi connectivity index (χ2v) is 10.5. The van der Waals surface area contributed by atoms with Crippen molar-refractivity contribution in [3.05, 3.63) is 0 Å². The smallest absolute Gasteiger partial charge is 0.428 e. The number of aliphatic hydroxyl groups is 1. The molecule has 4 bridgehead atoms. The zero-order chi connectivity index (χ0) is 23.7. The number of ether oxygens (including phenoxy) is 2. The van der Waals surface area contributed by atoms with Crippen molar-refractivity contribution in [3.63, 3.8) is 0 Å². The van der Waals surface area contributed by atoms with E-state index < -0.39 is 41.2 Å². The van der Waals surface area contributed by atoms with Crippen LogP contribution in [-0.2, 0) is 14.3 Å². The van der Waals surface area contributed by atoms with E-state index in [1.165, 1.54) is 6.92 Å². The highest BCUT2D eigenvalue weighted by atomic mass is 19.4. The van der Waals surface area contributed by atoms with Crippen LogP contribution < -0.4 is 0 Å². The largest absolute Gasteiger partial charge is 0.459 e. The van der Waals surface area contributed by atoms with Crippen molar-refractivity contribution < 1.29 is 45.7 Å². The SMILES string of the molecule is CCC(C)(C)C(=O)OC12CC3CC(C1)C(C)(OCC(O)(C(F)(F)F)C(F)(F)F)C(C3)C2. The van der Waals surface area contributed by atoms with Gasteiger partial charge in [0.15, 0.2) is 0 Å². The summed E-state index contributed by atoms with van der Waals surface area (Å²) in [5, 5.41) is 9.50. The summed E-state index contributed by atoms with van der Waals surface area (Å²) in [5.74, 6) is -0.886. The highest BCUT2D eigenvalue weighted by Gasteiger charge is 2.72. The van der Waals surface area contributed by atoms with Crippen LogP contribution in [0.15, 0.2) is 0 Å². The van der Waals surface area contributed by atoms with Gasteiger partial charge < -0.3 is 14.6 Å². The average Bonchev–Trinajstić information content (AvgIpc) is 2.61. The number of carbonyl (C=O) groups is 1. The Balaban J connectivity index is 1.80. The molecule has 180 valence electrons. The van der Waals surface area contributed by atoms with Gasteiger partial charge in [-0.25, -0.2) is 0 Å². The third-order valence-corrected chi connectivity index (χ3v) is 8.03. The fourth-order valence-electron chi connectivity index (χ4n) is 5.54. The molecule has 4 fully saturated rings. The number of rotatable bonds is 6. The van der Waals surface area contributed by atoms with Gasteiger partial charge in [0.25, 0.3) is 5.60 Å². The summed E-state index contributed by atoms with van der Waals surface area (Å²) < 4.78 is 89.8. The van der Waals surface area contributed by atoms with Gasteiger partial charge in [0.2, 0.25) is 0 Å². The monoisotopic (exact) mass is 460 g/mol. The summed E-state index contributed by atoms with van der Waals surface area (Å²) in [7, 11) is 0. The van der Waals surface area contributed by atoms with E-state index in [0.29, 0.717) is 38.5 Å². The van der Waals surface area contributed by atoms with Crippen LogP contribution in [0.5, 0.6) is 0 Å². The Morgan fingerprint density at radius 1 is 1.00 bits per heavy atom. The molecule has 1 N–H and O–H groups in total. The highest BCUT2D eigenvalue weighted by molar-refractivity contribution is 5.76. The Labute approximate surface area is 177 Å². The van der Waals surface area contributed by atoms with Gasteiger partial charge in [0, 0.05) is 0 Å². The third-order valence-electron chi connectivity index (χ3n) is 8.03. The molecule has 0 aliphatic heterocycles. The lowest BCUT2D eigenvalue weighted by Crippen LogP contribution is -2.67. The molecule has 0 heterocycles. The standard InChI is InChI=1S/C21H30F6O4/c1-5-16(2,3)15(28)31-18-8-12-6-13(9-18)17(4,14(7-12)10-18)30-11-19(29,20(22,23)24)21(25,26)27/h12-14,29H,5-11H2,1-4H3. The Morgan fingerprint density at radius 2 is 1.48 bits per heavy atom. The Morgan fingerprint density at radius 3 is 1.90 bits per heavy atom. The molecule has 10 heteroatoms. The van der Waals surface area contributed by atoms with Gasteiger partial charge in [-0.3, -0.25) is 4.79 Å². The zero-order valence-corrected chi connectivity index (χ0v) is 18.1. The van der Waals surface area contributed by atoms with Crippen LogP contribution in [-0.4, -0.2) is 46.8 Å².